The van der Waals surface area contributed by atoms with Gasteiger partial charge in [-0.05, 0) is 36.7 Å². The molecule has 0 saturated heterocycles. The Morgan fingerprint density at radius 1 is 1.50 bits per heavy atom. The van der Waals surface area contributed by atoms with Crippen LogP contribution in [-0.2, 0) is 13.5 Å². The molecule has 0 aliphatic heterocycles. The van der Waals surface area contributed by atoms with Gasteiger partial charge in [0.1, 0.15) is 17.9 Å². The van der Waals surface area contributed by atoms with Gasteiger partial charge < -0.3 is 9.73 Å². The molecule has 1 N–H and O–H groups in total. The van der Waals surface area contributed by atoms with Crippen LogP contribution in [0.3, 0.4) is 0 Å². The van der Waals surface area contributed by atoms with Crippen molar-refractivity contribution in [1.82, 2.24) is 20.1 Å². The molecule has 1 unspecified atom stereocenters. The number of furan rings is 1. The SMILES string of the molecule is CCCNC(Cc1ncnn1C)c1ccc(Cl)o1. The number of aromatic nitrogens is 3. The molecule has 2 heterocycles. The number of hydrogen-bond donors (Lipinski definition) is 1. The van der Waals surface area contributed by atoms with Crippen LogP contribution in [0.1, 0.15) is 31.0 Å². The molecule has 0 fully saturated rings. The van der Waals surface area contributed by atoms with Crippen LogP contribution in [-0.4, -0.2) is 21.3 Å². The summed E-state index contributed by atoms with van der Waals surface area (Å²) in [4.78, 5) is 4.23. The number of rotatable bonds is 6. The van der Waals surface area contributed by atoms with E-state index in [9.17, 15) is 0 Å². The van der Waals surface area contributed by atoms with Crippen LogP contribution in [0.25, 0.3) is 0 Å². The lowest BCUT2D eigenvalue weighted by Crippen LogP contribution is -2.24. The van der Waals surface area contributed by atoms with E-state index in [1.165, 1.54) is 0 Å². The van der Waals surface area contributed by atoms with Gasteiger partial charge in [-0.15, -0.1) is 0 Å². The number of hydrogen-bond acceptors (Lipinski definition) is 4. The van der Waals surface area contributed by atoms with Crippen molar-refractivity contribution in [3.8, 4) is 0 Å². The third kappa shape index (κ3) is 3.11. The average molecular weight is 269 g/mol. The fourth-order valence-electron chi connectivity index (χ4n) is 1.79. The van der Waals surface area contributed by atoms with Gasteiger partial charge in [-0.3, -0.25) is 4.68 Å². The highest BCUT2D eigenvalue weighted by Gasteiger charge is 2.17. The zero-order chi connectivity index (χ0) is 13.0. The van der Waals surface area contributed by atoms with Crippen LogP contribution in [0.4, 0.5) is 0 Å². The van der Waals surface area contributed by atoms with Crippen molar-refractivity contribution in [3.05, 3.63) is 35.3 Å². The Kier molecular flexibility index (Phi) is 4.38. The van der Waals surface area contributed by atoms with Gasteiger partial charge in [0.15, 0.2) is 5.22 Å². The Labute approximate surface area is 111 Å². The zero-order valence-corrected chi connectivity index (χ0v) is 11.3. The van der Waals surface area contributed by atoms with E-state index in [-0.39, 0.29) is 6.04 Å². The molecule has 0 amide bonds. The normalized spacial score (nSPS) is 12.8. The lowest BCUT2D eigenvalue weighted by Gasteiger charge is -2.15. The minimum Gasteiger partial charge on any atom is -0.448 e. The first kappa shape index (κ1) is 13.1. The molecule has 18 heavy (non-hydrogen) atoms. The summed E-state index contributed by atoms with van der Waals surface area (Å²) in [5, 5.41) is 7.91. The topological polar surface area (TPSA) is 55.9 Å². The third-order valence-corrected chi connectivity index (χ3v) is 2.97. The summed E-state index contributed by atoms with van der Waals surface area (Å²) in [5.74, 6) is 1.74. The van der Waals surface area contributed by atoms with E-state index in [0.29, 0.717) is 5.22 Å². The lowest BCUT2D eigenvalue weighted by molar-refractivity contribution is 0.403. The highest BCUT2D eigenvalue weighted by Crippen LogP contribution is 2.22. The highest BCUT2D eigenvalue weighted by molar-refractivity contribution is 6.28. The molecule has 2 aromatic heterocycles. The molecule has 0 aliphatic carbocycles. The Bertz CT molecular complexity index is 494. The number of aryl methyl sites for hydroxylation is 1. The molecule has 0 aromatic carbocycles. The van der Waals surface area contributed by atoms with Crippen molar-refractivity contribution in [2.45, 2.75) is 25.8 Å². The first-order valence-electron chi connectivity index (χ1n) is 6.02. The fourth-order valence-corrected chi connectivity index (χ4v) is 1.95. The van der Waals surface area contributed by atoms with E-state index in [1.54, 1.807) is 17.1 Å². The van der Waals surface area contributed by atoms with E-state index in [2.05, 4.69) is 22.3 Å². The van der Waals surface area contributed by atoms with Gasteiger partial charge in [0.25, 0.3) is 0 Å². The van der Waals surface area contributed by atoms with Crippen LogP contribution in [0.5, 0.6) is 0 Å². The highest BCUT2D eigenvalue weighted by atomic mass is 35.5. The number of halogens is 1. The summed E-state index contributed by atoms with van der Waals surface area (Å²) in [6.07, 6.45) is 3.34. The van der Waals surface area contributed by atoms with Crippen molar-refractivity contribution >= 4 is 11.6 Å². The monoisotopic (exact) mass is 268 g/mol. The van der Waals surface area contributed by atoms with Crippen LogP contribution >= 0.6 is 11.6 Å². The largest absolute Gasteiger partial charge is 0.448 e. The quantitative estimate of drug-likeness (QED) is 0.874. The van der Waals surface area contributed by atoms with Crippen LogP contribution < -0.4 is 5.32 Å². The average Bonchev–Trinajstić information content (AvgIpc) is 2.94. The van der Waals surface area contributed by atoms with E-state index in [4.69, 9.17) is 16.0 Å². The summed E-state index contributed by atoms with van der Waals surface area (Å²) in [6, 6.07) is 3.72. The van der Waals surface area contributed by atoms with Crippen molar-refractivity contribution < 1.29 is 4.42 Å². The smallest absolute Gasteiger partial charge is 0.193 e. The predicted octanol–water partition coefficient (Wildman–Crippen LogP) is 2.34. The van der Waals surface area contributed by atoms with Crippen molar-refractivity contribution in [2.24, 2.45) is 7.05 Å². The van der Waals surface area contributed by atoms with Crippen LogP contribution in [0.15, 0.2) is 22.9 Å². The molecule has 6 heteroatoms. The van der Waals surface area contributed by atoms with Gasteiger partial charge in [-0.25, -0.2) is 4.98 Å². The molecule has 0 radical (unpaired) electrons. The van der Waals surface area contributed by atoms with E-state index >= 15 is 0 Å². The molecule has 0 aliphatic rings. The van der Waals surface area contributed by atoms with Crippen molar-refractivity contribution in [1.29, 1.82) is 0 Å². The Hall–Kier alpha value is -1.33. The Morgan fingerprint density at radius 3 is 2.89 bits per heavy atom. The van der Waals surface area contributed by atoms with E-state index in [1.807, 2.05) is 13.1 Å². The van der Waals surface area contributed by atoms with Gasteiger partial charge in [-0.1, -0.05) is 6.92 Å². The standard InChI is InChI=1S/C12H17ClN4O/c1-3-6-14-9(10-4-5-11(13)18-10)7-12-15-8-16-17(12)2/h4-5,8-9,14H,3,6-7H2,1-2H3. The summed E-state index contributed by atoms with van der Waals surface area (Å²) in [5.41, 5.74) is 0. The van der Waals surface area contributed by atoms with Crippen molar-refractivity contribution in [2.75, 3.05) is 6.54 Å². The molecule has 0 bridgehead atoms. The number of nitrogens with one attached hydrogen (secondary N) is 1. The molecule has 2 aromatic rings. The second-order valence-electron chi connectivity index (χ2n) is 4.15. The first-order valence-corrected chi connectivity index (χ1v) is 6.40. The number of nitrogens with zero attached hydrogens (tertiary/aromatic N) is 3. The Balaban J connectivity index is 2.12. The first-order chi connectivity index (χ1) is 8.70. The van der Waals surface area contributed by atoms with Gasteiger partial charge in [0, 0.05) is 13.5 Å². The molecule has 0 spiro atoms. The molecule has 5 nitrogen and oxygen atoms in total. The van der Waals surface area contributed by atoms with Crippen molar-refractivity contribution in [3.63, 3.8) is 0 Å². The maximum atomic E-state index is 5.82. The fraction of sp³-hybridized carbons (Fsp3) is 0.500. The summed E-state index contributed by atoms with van der Waals surface area (Å²) in [7, 11) is 1.88. The summed E-state index contributed by atoms with van der Waals surface area (Å²) >= 11 is 5.82. The Morgan fingerprint density at radius 2 is 2.33 bits per heavy atom. The van der Waals surface area contributed by atoms with Gasteiger partial charge in [0.05, 0.1) is 6.04 Å². The minimum absolute atomic E-state index is 0.0698. The van der Waals surface area contributed by atoms with Gasteiger partial charge >= 0.3 is 0 Å². The van der Waals surface area contributed by atoms with E-state index in [0.717, 1.165) is 31.0 Å². The zero-order valence-electron chi connectivity index (χ0n) is 10.6. The molecule has 2 rings (SSSR count). The van der Waals surface area contributed by atoms with Gasteiger partial charge in [-0.2, -0.15) is 5.10 Å². The van der Waals surface area contributed by atoms with Crippen LogP contribution in [0, 0.1) is 0 Å². The molecule has 98 valence electrons. The molecular formula is C12H17ClN4O. The maximum absolute atomic E-state index is 5.82. The minimum atomic E-state index is 0.0698. The second kappa shape index (κ2) is 6.02. The lowest BCUT2D eigenvalue weighted by atomic mass is 10.1. The summed E-state index contributed by atoms with van der Waals surface area (Å²) in [6.45, 7) is 3.04. The molecular weight excluding hydrogens is 252 g/mol. The molecule has 0 saturated carbocycles. The third-order valence-electron chi connectivity index (χ3n) is 2.77. The second-order valence-corrected chi connectivity index (χ2v) is 4.53. The van der Waals surface area contributed by atoms with E-state index < -0.39 is 0 Å². The summed E-state index contributed by atoms with van der Waals surface area (Å²) < 4.78 is 7.25. The maximum Gasteiger partial charge on any atom is 0.193 e. The van der Waals surface area contributed by atoms with Crippen LogP contribution in [0.2, 0.25) is 5.22 Å². The van der Waals surface area contributed by atoms with Gasteiger partial charge in [0.2, 0.25) is 0 Å². The molecule has 1 atom stereocenters. The predicted molar refractivity (Wildman–Crippen MR) is 69.5 cm³/mol.